The van der Waals surface area contributed by atoms with Crippen molar-refractivity contribution in [1.29, 1.82) is 0 Å². The third-order valence-corrected chi connectivity index (χ3v) is 7.43. The summed E-state index contributed by atoms with van der Waals surface area (Å²) < 4.78 is 32.2. The van der Waals surface area contributed by atoms with Crippen molar-refractivity contribution < 1.29 is 22.9 Å². The number of nitrogens with zero attached hydrogens (tertiary/aromatic N) is 2. The molecule has 0 radical (unpaired) electrons. The van der Waals surface area contributed by atoms with Crippen molar-refractivity contribution >= 4 is 27.3 Å². The molecule has 172 valence electrons. The Balaban J connectivity index is 1.62. The van der Waals surface area contributed by atoms with Crippen molar-refractivity contribution in [2.75, 3.05) is 31.3 Å². The van der Waals surface area contributed by atoms with Crippen LogP contribution in [-0.2, 0) is 21.2 Å². The molecule has 2 aromatic carbocycles. The van der Waals surface area contributed by atoms with Crippen LogP contribution in [0.4, 0.5) is 11.4 Å². The van der Waals surface area contributed by atoms with Crippen LogP contribution in [0.15, 0.2) is 48.5 Å². The van der Waals surface area contributed by atoms with Gasteiger partial charge in [-0.05, 0) is 37.3 Å². The molecule has 1 saturated heterocycles. The molecule has 0 aliphatic carbocycles. The Kier molecular flexibility index (Phi) is 7.81. The van der Waals surface area contributed by atoms with Crippen molar-refractivity contribution in [1.82, 2.24) is 4.31 Å². The number of methoxy groups -OCH3 is 1. The highest BCUT2D eigenvalue weighted by atomic mass is 32.2. The summed E-state index contributed by atoms with van der Waals surface area (Å²) in [5, 5.41) is 13.7. The molecule has 0 spiro atoms. The van der Waals surface area contributed by atoms with Gasteiger partial charge in [0.25, 0.3) is 5.69 Å². The monoisotopic (exact) mass is 461 g/mol. The van der Waals surface area contributed by atoms with Crippen molar-refractivity contribution in [3.8, 4) is 5.75 Å². The second kappa shape index (κ2) is 10.6. The number of carbonyl (C=O) groups excluding carboxylic acids is 1. The SMILES string of the molecule is COc1ccc([N+](=O)[O-])cc1NC(=O)[C@@H]1CCCN(S(=O)(=O)CCCc2ccccc2)C1. The Morgan fingerprint density at radius 3 is 2.69 bits per heavy atom. The molecule has 2 aromatic rings. The largest absolute Gasteiger partial charge is 0.495 e. The molecule has 1 atom stereocenters. The number of aryl methyl sites for hydroxylation is 1. The summed E-state index contributed by atoms with van der Waals surface area (Å²) in [5.74, 6) is -0.607. The Labute approximate surface area is 187 Å². The minimum absolute atomic E-state index is 0.0228. The van der Waals surface area contributed by atoms with E-state index in [9.17, 15) is 23.3 Å². The van der Waals surface area contributed by atoms with Crippen LogP contribution < -0.4 is 10.1 Å². The standard InChI is InChI=1S/C22H27N3O6S/c1-31-21-12-11-19(25(27)28)15-20(21)23-22(26)18-10-5-13-24(16-18)32(29,30)14-6-9-17-7-3-2-4-8-17/h2-4,7-8,11-12,15,18H,5-6,9-10,13-14,16H2,1H3,(H,23,26)/t18-/m1/s1. The van der Waals surface area contributed by atoms with Crippen LogP contribution in [-0.4, -0.2) is 49.5 Å². The number of benzene rings is 2. The van der Waals surface area contributed by atoms with E-state index in [-0.39, 0.29) is 29.6 Å². The molecule has 0 aromatic heterocycles. The van der Waals surface area contributed by atoms with E-state index in [4.69, 9.17) is 4.74 Å². The lowest BCUT2D eigenvalue weighted by molar-refractivity contribution is -0.384. The van der Waals surface area contributed by atoms with Crippen LogP contribution in [0.2, 0.25) is 0 Å². The first kappa shape index (κ1) is 23.7. The number of anilines is 1. The van der Waals surface area contributed by atoms with Gasteiger partial charge in [0.2, 0.25) is 15.9 Å². The van der Waals surface area contributed by atoms with E-state index in [2.05, 4.69) is 5.32 Å². The van der Waals surface area contributed by atoms with E-state index in [0.717, 1.165) is 5.56 Å². The molecule has 1 aliphatic heterocycles. The molecule has 1 aliphatic rings. The van der Waals surface area contributed by atoms with Gasteiger partial charge in [-0.2, -0.15) is 0 Å². The first-order valence-electron chi connectivity index (χ1n) is 10.4. The predicted molar refractivity (Wildman–Crippen MR) is 121 cm³/mol. The molecule has 0 bridgehead atoms. The first-order valence-corrected chi connectivity index (χ1v) is 12.1. The Bertz CT molecular complexity index is 1060. The molecular weight excluding hydrogens is 434 g/mol. The van der Waals surface area contributed by atoms with Crippen molar-refractivity contribution in [2.45, 2.75) is 25.7 Å². The summed E-state index contributed by atoms with van der Waals surface area (Å²) in [6.45, 7) is 0.480. The summed E-state index contributed by atoms with van der Waals surface area (Å²) in [7, 11) is -2.08. The van der Waals surface area contributed by atoms with Gasteiger partial charge in [-0.3, -0.25) is 14.9 Å². The van der Waals surface area contributed by atoms with Crippen LogP contribution in [0.25, 0.3) is 0 Å². The number of rotatable bonds is 9. The number of nitrogens with one attached hydrogen (secondary N) is 1. The lowest BCUT2D eigenvalue weighted by Gasteiger charge is -2.31. The Morgan fingerprint density at radius 2 is 2.00 bits per heavy atom. The normalized spacial score (nSPS) is 17.0. The number of nitro benzene ring substituents is 1. The van der Waals surface area contributed by atoms with E-state index in [0.29, 0.717) is 38.0 Å². The fourth-order valence-electron chi connectivity index (χ4n) is 3.78. The van der Waals surface area contributed by atoms with Gasteiger partial charge in [0, 0.05) is 25.2 Å². The summed E-state index contributed by atoms with van der Waals surface area (Å²) in [6, 6.07) is 13.6. The molecule has 9 nitrogen and oxygen atoms in total. The van der Waals surface area contributed by atoms with Crippen LogP contribution in [0.5, 0.6) is 5.75 Å². The van der Waals surface area contributed by atoms with Gasteiger partial charge < -0.3 is 10.1 Å². The average molecular weight is 462 g/mol. The average Bonchev–Trinajstić information content (AvgIpc) is 2.79. The molecule has 1 fully saturated rings. The fraction of sp³-hybridized carbons (Fsp3) is 0.409. The molecule has 10 heteroatoms. The van der Waals surface area contributed by atoms with Gasteiger partial charge in [-0.25, -0.2) is 12.7 Å². The number of piperidine rings is 1. The van der Waals surface area contributed by atoms with Crippen LogP contribution >= 0.6 is 0 Å². The van der Waals surface area contributed by atoms with E-state index in [1.54, 1.807) is 0 Å². The summed E-state index contributed by atoms with van der Waals surface area (Å²) in [4.78, 5) is 23.3. The molecular formula is C22H27N3O6S. The van der Waals surface area contributed by atoms with Crippen molar-refractivity contribution in [3.63, 3.8) is 0 Å². The number of hydrogen-bond donors (Lipinski definition) is 1. The van der Waals surface area contributed by atoms with E-state index < -0.39 is 20.9 Å². The smallest absolute Gasteiger partial charge is 0.271 e. The summed E-state index contributed by atoms with van der Waals surface area (Å²) >= 11 is 0. The Morgan fingerprint density at radius 1 is 1.25 bits per heavy atom. The molecule has 1 amide bonds. The number of amides is 1. The zero-order chi connectivity index (χ0) is 23.1. The number of nitro groups is 1. The number of sulfonamides is 1. The zero-order valence-corrected chi connectivity index (χ0v) is 18.7. The predicted octanol–water partition coefficient (Wildman–Crippen LogP) is 3.22. The highest BCUT2D eigenvalue weighted by Gasteiger charge is 2.32. The third kappa shape index (κ3) is 6.04. The Hall–Kier alpha value is -2.98. The molecule has 3 rings (SSSR count). The van der Waals surface area contributed by atoms with Gasteiger partial charge in [0.15, 0.2) is 0 Å². The van der Waals surface area contributed by atoms with Gasteiger partial charge in [-0.15, -0.1) is 0 Å². The van der Waals surface area contributed by atoms with Gasteiger partial charge in [-0.1, -0.05) is 30.3 Å². The van der Waals surface area contributed by atoms with Crippen LogP contribution in [0.3, 0.4) is 0 Å². The zero-order valence-electron chi connectivity index (χ0n) is 17.9. The van der Waals surface area contributed by atoms with Gasteiger partial charge >= 0.3 is 0 Å². The molecule has 32 heavy (non-hydrogen) atoms. The summed E-state index contributed by atoms with van der Waals surface area (Å²) in [5.41, 5.74) is 1.10. The molecule has 0 saturated carbocycles. The molecule has 1 N–H and O–H groups in total. The second-order valence-electron chi connectivity index (χ2n) is 7.73. The topological polar surface area (TPSA) is 119 Å². The van der Waals surface area contributed by atoms with Crippen LogP contribution in [0, 0.1) is 16.0 Å². The fourth-order valence-corrected chi connectivity index (χ4v) is 5.37. The molecule has 1 heterocycles. The lowest BCUT2D eigenvalue weighted by atomic mass is 9.98. The van der Waals surface area contributed by atoms with Gasteiger partial charge in [0.05, 0.1) is 29.4 Å². The van der Waals surface area contributed by atoms with E-state index >= 15 is 0 Å². The van der Waals surface area contributed by atoms with Crippen molar-refractivity contribution in [3.05, 3.63) is 64.2 Å². The number of ether oxygens (including phenoxy) is 1. The van der Waals surface area contributed by atoms with Crippen molar-refractivity contribution in [2.24, 2.45) is 5.92 Å². The van der Waals surface area contributed by atoms with E-state index in [1.165, 1.54) is 29.6 Å². The minimum Gasteiger partial charge on any atom is -0.495 e. The second-order valence-corrected chi connectivity index (χ2v) is 9.82. The minimum atomic E-state index is -3.48. The number of hydrogen-bond acceptors (Lipinski definition) is 6. The highest BCUT2D eigenvalue weighted by molar-refractivity contribution is 7.89. The van der Waals surface area contributed by atoms with Crippen LogP contribution in [0.1, 0.15) is 24.8 Å². The first-order chi connectivity index (χ1) is 15.3. The van der Waals surface area contributed by atoms with E-state index in [1.807, 2.05) is 30.3 Å². The third-order valence-electron chi connectivity index (χ3n) is 5.51. The quantitative estimate of drug-likeness (QED) is 0.452. The highest BCUT2D eigenvalue weighted by Crippen LogP contribution is 2.30. The number of carbonyl (C=O) groups is 1. The van der Waals surface area contributed by atoms with Gasteiger partial charge in [0.1, 0.15) is 5.75 Å². The number of non-ortho nitro benzene ring substituents is 1. The maximum Gasteiger partial charge on any atom is 0.271 e. The maximum absolute atomic E-state index is 12.8. The summed E-state index contributed by atoms with van der Waals surface area (Å²) in [6.07, 6.45) is 2.29. The lowest BCUT2D eigenvalue weighted by Crippen LogP contribution is -2.44. The molecule has 0 unspecified atom stereocenters. The maximum atomic E-state index is 12.8.